The number of amides is 2. The minimum absolute atomic E-state index is 0.0230. The number of sulfonamides is 1. The van der Waals surface area contributed by atoms with E-state index >= 15 is 0 Å². The van der Waals surface area contributed by atoms with Gasteiger partial charge in [0.2, 0.25) is 21.8 Å². The maximum absolute atomic E-state index is 13.3. The Hall–Kier alpha value is -2.62. The summed E-state index contributed by atoms with van der Waals surface area (Å²) in [6, 6.07) is 12.1. The zero-order chi connectivity index (χ0) is 23.9. The van der Waals surface area contributed by atoms with Crippen LogP contribution in [0.1, 0.15) is 18.9 Å². The fourth-order valence-electron chi connectivity index (χ4n) is 3.21. The van der Waals surface area contributed by atoms with Crippen molar-refractivity contribution in [1.82, 2.24) is 14.5 Å². The highest BCUT2D eigenvalue weighted by molar-refractivity contribution is 7.89. The van der Waals surface area contributed by atoms with Crippen LogP contribution in [0.5, 0.6) is 5.75 Å². The van der Waals surface area contributed by atoms with Gasteiger partial charge >= 0.3 is 0 Å². The van der Waals surface area contributed by atoms with Gasteiger partial charge in [0.05, 0.1) is 18.6 Å². The minimum atomic E-state index is -3.92. The number of rotatable bonds is 10. The van der Waals surface area contributed by atoms with Crippen molar-refractivity contribution in [3.05, 3.63) is 59.1 Å². The van der Waals surface area contributed by atoms with Gasteiger partial charge in [0.25, 0.3) is 0 Å². The molecule has 32 heavy (non-hydrogen) atoms. The summed E-state index contributed by atoms with van der Waals surface area (Å²) in [6.45, 7) is 1.49. The normalized spacial score (nSPS) is 12.3. The van der Waals surface area contributed by atoms with Gasteiger partial charge in [-0.25, -0.2) is 8.42 Å². The highest BCUT2D eigenvalue weighted by Crippen LogP contribution is 2.20. The molecule has 0 radical (unpaired) electrons. The molecule has 0 spiro atoms. The van der Waals surface area contributed by atoms with Crippen LogP contribution in [0, 0.1) is 0 Å². The number of methoxy groups -OCH3 is 1. The number of benzene rings is 2. The molecule has 8 nitrogen and oxygen atoms in total. The molecule has 2 amide bonds. The summed E-state index contributed by atoms with van der Waals surface area (Å²) >= 11 is 5.84. The van der Waals surface area contributed by atoms with E-state index in [-0.39, 0.29) is 17.3 Å². The number of carbonyl (C=O) groups excluding carboxylic acids is 2. The van der Waals surface area contributed by atoms with E-state index in [2.05, 4.69) is 5.32 Å². The van der Waals surface area contributed by atoms with Crippen molar-refractivity contribution in [2.75, 3.05) is 27.7 Å². The van der Waals surface area contributed by atoms with Gasteiger partial charge in [-0.15, -0.1) is 0 Å². The van der Waals surface area contributed by atoms with Crippen molar-refractivity contribution in [1.29, 1.82) is 0 Å². The number of halogens is 1. The third kappa shape index (κ3) is 6.21. The Balaban J connectivity index is 2.31. The first kappa shape index (κ1) is 25.6. The topological polar surface area (TPSA) is 96.0 Å². The molecule has 0 fully saturated rings. The summed E-state index contributed by atoms with van der Waals surface area (Å²) in [4.78, 5) is 27.1. The summed E-state index contributed by atoms with van der Waals surface area (Å²) in [5.41, 5.74) is 0.753. The number of hydrogen-bond acceptors (Lipinski definition) is 5. The first-order chi connectivity index (χ1) is 15.1. The van der Waals surface area contributed by atoms with Crippen LogP contribution in [-0.4, -0.2) is 63.2 Å². The van der Waals surface area contributed by atoms with Gasteiger partial charge in [0.1, 0.15) is 11.8 Å². The maximum Gasteiger partial charge on any atom is 0.243 e. The van der Waals surface area contributed by atoms with E-state index in [9.17, 15) is 18.0 Å². The van der Waals surface area contributed by atoms with Crippen LogP contribution in [0.3, 0.4) is 0 Å². The van der Waals surface area contributed by atoms with Gasteiger partial charge in [-0.1, -0.05) is 30.7 Å². The average molecular weight is 482 g/mol. The van der Waals surface area contributed by atoms with Crippen molar-refractivity contribution in [2.24, 2.45) is 0 Å². The molecular weight excluding hydrogens is 454 g/mol. The molecule has 0 aliphatic carbocycles. The van der Waals surface area contributed by atoms with Crippen LogP contribution >= 0.6 is 11.6 Å². The van der Waals surface area contributed by atoms with Crippen LogP contribution in [0.4, 0.5) is 0 Å². The smallest absolute Gasteiger partial charge is 0.243 e. The van der Waals surface area contributed by atoms with E-state index in [0.717, 1.165) is 9.87 Å². The number of carbonyl (C=O) groups is 2. The number of likely N-dealkylation sites (N-methyl/N-ethyl adjacent to an activating group) is 2. The van der Waals surface area contributed by atoms with E-state index in [1.165, 1.54) is 50.4 Å². The molecule has 0 aliphatic rings. The molecule has 0 saturated carbocycles. The molecule has 1 unspecified atom stereocenters. The Labute approximate surface area is 194 Å². The molecule has 2 aromatic carbocycles. The predicted octanol–water partition coefficient (Wildman–Crippen LogP) is 2.52. The Bertz CT molecular complexity index is 1040. The summed E-state index contributed by atoms with van der Waals surface area (Å²) in [5.74, 6) is -0.208. The van der Waals surface area contributed by atoms with Crippen LogP contribution < -0.4 is 10.1 Å². The van der Waals surface area contributed by atoms with E-state index in [4.69, 9.17) is 16.3 Å². The fraction of sp³-hybridized carbons (Fsp3) is 0.364. The predicted molar refractivity (Wildman–Crippen MR) is 123 cm³/mol. The first-order valence-corrected chi connectivity index (χ1v) is 11.8. The lowest BCUT2D eigenvalue weighted by molar-refractivity contribution is -0.141. The van der Waals surface area contributed by atoms with Gasteiger partial charge in [-0.2, -0.15) is 4.31 Å². The number of hydrogen-bond donors (Lipinski definition) is 1. The highest BCUT2D eigenvalue weighted by Gasteiger charge is 2.31. The van der Waals surface area contributed by atoms with E-state index < -0.39 is 28.5 Å². The summed E-state index contributed by atoms with van der Waals surface area (Å²) in [5, 5.41) is 2.98. The number of nitrogens with one attached hydrogen (secondary N) is 1. The number of ether oxygens (including phenoxy) is 1. The van der Waals surface area contributed by atoms with Crippen molar-refractivity contribution < 1.29 is 22.7 Å². The van der Waals surface area contributed by atoms with Crippen LogP contribution in [0.25, 0.3) is 0 Å². The largest absolute Gasteiger partial charge is 0.497 e. The monoisotopic (exact) mass is 481 g/mol. The molecule has 1 atom stereocenters. The zero-order valence-electron chi connectivity index (χ0n) is 18.5. The molecular formula is C22H28ClN3O5S. The SMILES string of the molecule is CCC(C(=O)NC)N(Cc1cccc(OC)c1)C(=O)CN(C)S(=O)(=O)c1ccc(Cl)cc1. The maximum atomic E-state index is 13.3. The van der Waals surface area contributed by atoms with Crippen molar-refractivity contribution in [2.45, 2.75) is 30.8 Å². The van der Waals surface area contributed by atoms with Gasteiger partial charge in [0, 0.05) is 25.7 Å². The second-order valence-corrected chi connectivity index (χ2v) is 9.61. The Morgan fingerprint density at radius 3 is 2.38 bits per heavy atom. The number of nitrogens with zero attached hydrogens (tertiary/aromatic N) is 2. The van der Waals surface area contributed by atoms with Crippen LogP contribution in [0.2, 0.25) is 5.02 Å². The van der Waals surface area contributed by atoms with Gasteiger partial charge in [0.15, 0.2) is 0 Å². The minimum Gasteiger partial charge on any atom is -0.497 e. The molecule has 0 saturated heterocycles. The van der Waals surface area contributed by atoms with Crippen molar-refractivity contribution in [3.8, 4) is 5.75 Å². The molecule has 174 valence electrons. The second kappa shape index (κ2) is 11.3. The summed E-state index contributed by atoms with van der Waals surface area (Å²) in [6.07, 6.45) is 0.364. The van der Waals surface area contributed by atoms with Crippen LogP contribution in [-0.2, 0) is 26.2 Å². The van der Waals surface area contributed by atoms with Gasteiger partial charge < -0.3 is 15.0 Å². The van der Waals surface area contributed by atoms with E-state index in [1.807, 2.05) is 6.07 Å². The van der Waals surface area contributed by atoms with Crippen molar-refractivity contribution in [3.63, 3.8) is 0 Å². The molecule has 2 aromatic rings. The fourth-order valence-corrected chi connectivity index (χ4v) is 4.45. The molecule has 1 N–H and O–H groups in total. The lowest BCUT2D eigenvalue weighted by atomic mass is 10.1. The highest BCUT2D eigenvalue weighted by atomic mass is 35.5. The molecule has 0 aromatic heterocycles. The average Bonchev–Trinajstić information content (AvgIpc) is 2.78. The van der Waals surface area contributed by atoms with Gasteiger partial charge in [-0.05, 0) is 48.4 Å². The molecule has 10 heteroatoms. The summed E-state index contributed by atoms with van der Waals surface area (Å²) < 4.78 is 32.0. The van der Waals surface area contributed by atoms with E-state index in [0.29, 0.717) is 17.2 Å². The molecule has 0 aliphatic heterocycles. The van der Waals surface area contributed by atoms with Gasteiger partial charge in [-0.3, -0.25) is 9.59 Å². The molecule has 0 bridgehead atoms. The Morgan fingerprint density at radius 2 is 1.81 bits per heavy atom. The molecule has 2 rings (SSSR count). The Kier molecular flexibility index (Phi) is 9.06. The quantitative estimate of drug-likeness (QED) is 0.562. The third-order valence-corrected chi connectivity index (χ3v) is 7.07. The Morgan fingerprint density at radius 1 is 1.16 bits per heavy atom. The van der Waals surface area contributed by atoms with Crippen LogP contribution in [0.15, 0.2) is 53.4 Å². The standard InChI is InChI=1S/C22H28ClN3O5S/c1-5-20(22(28)24-2)26(14-16-7-6-8-18(13-16)31-4)21(27)15-25(3)32(29,30)19-11-9-17(23)10-12-19/h6-13,20H,5,14-15H2,1-4H3,(H,24,28). The zero-order valence-corrected chi connectivity index (χ0v) is 20.1. The lowest BCUT2D eigenvalue weighted by Crippen LogP contribution is -2.51. The van der Waals surface area contributed by atoms with E-state index in [1.54, 1.807) is 25.1 Å². The third-order valence-electron chi connectivity index (χ3n) is 5.00. The lowest BCUT2D eigenvalue weighted by Gasteiger charge is -2.31. The summed E-state index contributed by atoms with van der Waals surface area (Å²) in [7, 11) is 0.442. The molecule has 0 heterocycles. The second-order valence-electron chi connectivity index (χ2n) is 7.13. The first-order valence-electron chi connectivity index (χ1n) is 9.99. The van der Waals surface area contributed by atoms with Crippen molar-refractivity contribution >= 4 is 33.4 Å².